The molecule has 108 valence electrons. The minimum atomic E-state index is -0.263. The van der Waals surface area contributed by atoms with Crippen molar-refractivity contribution in [3.05, 3.63) is 71.3 Å². The van der Waals surface area contributed by atoms with Gasteiger partial charge in [0.25, 0.3) is 5.91 Å². The number of amides is 1. The van der Waals surface area contributed by atoms with Crippen LogP contribution >= 0.6 is 11.6 Å². The van der Waals surface area contributed by atoms with Crippen molar-refractivity contribution in [3.63, 3.8) is 0 Å². The number of carbonyl (C=O) groups excluding carboxylic acids is 1. The standard InChI is InChI=1S/C16H15ClN2O2/c1-11(12-5-9-15(21-2)10-6-12)18-19-16(20)13-3-7-14(17)8-4-13/h3-10,18H,1H2,2H3,(H,19,20). The molecule has 0 aromatic heterocycles. The van der Waals surface area contributed by atoms with Crippen molar-refractivity contribution >= 4 is 23.2 Å². The molecule has 0 atom stereocenters. The van der Waals surface area contributed by atoms with Crippen LogP contribution in [-0.2, 0) is 0 Å². The molecule has 1 amide bonds. The predicted molar refractivity (Wildman–Crippen MR) is 84.1 cm³/mol. The molecular weight excluding hydrogens is 288 g/mol. The van der Waals surface area contributed by atoms with E-state index < -0.39 is 0 Å². The summed E-state index contributed by atoms with van der Waals surface area (Å²) >= 11 is 5.78. The van der Waals surface area contributed by atoms with Crippen LogP contribution < -0.4 is 15.6 Å². The second-order valence-corrected chi connectivity index (χ2v) is 4.73. The van der Waals surface area contributed by atoms with E-state index in [0.717, 1.165) is 11.3 Å². The average Bonchev–Trinajstić information content (AvgIpc) is 2.53. The lowest BCUT2D eigenvalue weighted by Crippen LogP contribution is -2.35. The molecular formula is C16H15ClN2O2. The van der Waals surface area contributed by atoms with E-state index in [1.165, 1.54) is 0 Å². The van der Waals surface area contributed by atoms with Crippen LogP contribution in [0.5, 0.6) is 5.75 Å². The maximum atomic E-state index is 11.9. The van der Waals surface area contributed by atoms with E-state index in [4.69, 9.17) is 16.3 Å². The van der Waals surface area contributed by atoms with Gasteiger partial charge in [-0.3, -0.25) is 15.6 Å². The van der Waals surface area contributed by atoms with Gasteiger partial charge in [-0.2, -0.15) is 0 Å². The van der Waals surface area contributed by atoms with Gasteiger partial charge in [-0.15, -0.1) is 0 Å². The minimum absolute atomic E-state index is 0.263. The third-order valence-corrected chi connectivity index (χ3v) is 3.12. The highest BCUT2D eigenvalue weighted by molar-refractivity contribution is 6.30. The summed E-state index contributed by atoms with van der Waals surface area (Å²) in [6, 6.07) is 14.0. The molecule has 5 heteroatoms. The monoisotopic (exact) mass is 302 g/mol. The number of hydrogen-bond donors (Lipinski definition) is 2. The maximum absolute atomic E-state index is 11.9. The van der Waals surface area contributed by atoms with Gasteiger partial charge in [-0.25, -0.2) is 0 Å². The normalized spacial score (nSPS) is 9.81. The van der Waals surface area contributed by atoms with E-state index in [2.05, 4.69) is 17.4 Å². The summed E-state index contributed by atoms with van der Waals surface area (Å²) in [5.41, 5.74) is 7.31. The van der Waals surface area contributed by atoms with Gasteiger partial charge in [0.2, 0.25) is 0 Å². The number of rotatable bonds is 5. The Bertz CT molecular complexity index is 636. The Balaban J connectivity index is 1.93. The Morgan fingerprint density at radius 3 is 2.14 bits per heavy atom. The number of methoxy groups -OCH3 is 1. The van der Waals surface area contributed by atoms with Crippen LogP contribution in [0.4, 0.5) is 0 Å². The van der Waals surface area contributed by atoms with E-state index in [1.807, 2.05) is 24.3 Å². The molecule has 0 unspecified atom stereocenters. The molecule has 0 heterocycles. The molecule has 2 N–H and O–H groups in total. The van der Waals surface area contributed by atoms with E-state index in [9.17, 15) is 4.79 Å². The molecule has 4 nitrogen and oxygen atoms in total. The summed E-state index contributed by atoms with van der Waals surface area (Å²) < 4.78 is 5.08. The van der Waals surface area contributed by atoms with Gasteiger partial charge in [0.05, 0.1) is 12.8 Å². The Labute approximate surface area is 128 Å². The molecule has 0 aliphatic carbocycles. The number of hydrazine groups is 1. The molecule has 0 saturated carbocycles. The smallest absolute Gasteiger partial charge is 0.269 e. The summed E-state index contributed by atoms with van der Waals surface area (Å²) in [5.74, 6) is 0.498. The molecule has 0 bridgehead atoms. The van der Waals surface area contributed by atoms with Crippen molar-refractivity contribution < 1.29 is 9.53 Å². The van der Waals surface area contributed by atoms with Gasteiger partial charge in [-0.05, 0) is 54.1 Å². The first-order chi connectivity index (χ1) is 10.1. The van der Waals surface area contributed by atoms with Gasteiger partial charge >= 0.3 is 0 Å². The number of ether oxygens (including phenoxy) is 1. The fourth-order valence-corrected chi connectivity index (χ4v) is 1.80. The Morgan fingerprint density at radius 2 is 1.57 bits per heavy atom. The number of benzene rings is 2. The number of nitrogens with one attached hydrogen (secondary N) is 2. The molecule has 2 rings (SSSR count). The van der Waals surface area contributed by atoms with Crippen LogP contribution in [0.3, 0.4) is 0 Å². The Morgan fingerprint density at radius 1 is 1.00 bits per heavy atom. The van der Waals surface area contributed by atoms with Gasteiger partial charge < -0.3 is 4.74 Å². The maximum Gasteiger partial charge on any atom is 0.269 e. The van der Waals surface area contributed by atoms with Crippen molar-refractivity contribution in [2.24, 2.45) is 0 Å². The van der Waals surface area contributed by atoms with E-state index in [0.29, 0.717) is 16.3 Å². The lowest BCUT2D eigenvalue weighted by atomic mass is 10.2. The Hall–Kier alpha value is -2.46. The second-order valence-electron chi connectivity index (χ2n) is 4.29. The minimum Gasteiger partial charge on any atom is -0.497 e. The fraction of sp³-hybridized carbons (Fsp3) is 0.0625. The lowest BCUT2D eigenvalue weighted by molar-refractivity contribution is 0.0942. The summed E-state index contributed by atoms with van der Waals surface area (Å²) in [6.45, 7) is 3.87. The van der Waals surface area contributed by atoms with Crippen molar-refractivity contribution in [3.8, 4) is 5.75 Å². The molecule has 0 fully saturated rings. The zero-order valence-electron chi connectivity index (χ0n) is 11.5. The highest BCUT2D eigenvalue weighted by Gasteiger charge is 2.05. The topological polar surface area (TPSA) is 50.4 Å². The van der Waals surface area contributed by atoms with Crippen LogP contribution in [0.15, 0.2) is 55.1 Å². The molecule has 0 saturated heterocycles. The molecule has 0 radical (unpaired) electrons. The molecule has 0 aliphatic heterocycles. The average molecular weight is 303 g/mol. The third kappa shape index (κ3) is 4.00. The Kier molecular flexibility index (Phi) is 4.85. The highest BCUT2D eigenvalue weighted by atomic mass is 35.5. The third-order valence-electron chi connectivity index (χ3n) is 2.87. The highest BCUT2D eigenvalue weighted by Crippen LogP contribution is 2.15. The zero-order chi connectivity index (χ0) is 15.2. The summed E-state index contributed by atoms with van der Waals surface area (Å²) in [6.07, 6.45) is 0. The first-order valence-corrected chi connectivity index (χ1v) is 6.63. The lowest BCUT2D eigenvalue weighted by Gasteiger charge is -2.11. The van der Waals surface area contributed by atoms with E-state index >= 15 is 0 Å². The summed E-state index contributed by atoms with van der Waals surface area (Å²) in [5, 5.41) is 0.585. The van der Waals surface area contributed by atoms with Crippen LogP contribution in [0, 0.1) is 0 Å². The predicted octanol–water partition coefficient (Wildman–Crippen LogP) is 3.25. The first kappa shape index (κ1) is 14.9. The van der Waals surface area contributed by atoms with Crippen molar-refractivity contribution in [2.75, 3.05) is 7.11 Å². The summed E-state index contributed by atoms with van der Waals surface area (Å²) in [4.78, 5) is 11.9. The SMILES string of the molecule is C=C(NNC(=O)c1ccc(Cl)cc1)c1ccc(OC)cc1. The van der Waals surface area contributed by atoms with Crippen molar-refractivity contribution in [1.29, 1.82) is 0 Å². The van der Waals surface area contributed by atoms with E-state index in [-0.39, 0.29) is 5.91 Å². The van der Waals surface area contributed by atoms with E-state index in [1.54, 1.807) is 31.4 Å². The van der Waals surface area contributed by atoms with Gasteiger partial charge in [0.1, 0.15) is 5.75 Å². The quantitative estimate of drug-likeness (QED) is 0.834. The van der Waals surface area contributed by atoms with Crippen molar-refractivity contribution in [1.82, 2.24) is 10.9 Å². The van der Waals surface area contributed by atoms with Crippen LogP contribution in [0.25, 0.3) is 5.70 Å². The zero-order valence-corrected chi connectivity index (χ0v) is 12.3. The van der Waals surface area contributed by atoms with Gasteiger partial charge in [-0.1, -0.05) is 18.2 Å². The molecule has 21 heavy (non-hydrogen) atoms. The molecule has 0 aliphatic rings. The first-order valence-electron chi connectivity index (χ1n) is 6.25. The molecule has 2 aromatic rings. The summed E-state index contributed by atoms with van der Waals surface area (Å²) in [7, 11) is 1.61. The fourth-order valence-electron chi connectivity index (χ4n) is 1.67. The van der Waals surface area contributed by atoms with Crippen LogP contribution in [-0.4, -0.2) is 13.0 Å². The molecule has 2 aromatic carbocycles. The molecule has 0 spiro atoms. The van der Waals surface area contributed by atoms with Gasteiger partial charge in [0.15, 0.2) is 0 Å². The van der Waals surface area contributed by atoms with Crippen LogP contribution in [0.2, 0.25) is 5.02 Å². The largest absolute Gasteiger partial charge is 0.497 e. The van der Waals surface area contributed by atoms with Gasteiger partial charge in [0, 0.05) is 10.6 Å². The number of carbonyl (C=O) groups is 1. The number of hydrogen-bond acceptors (Lipinski definition) is 3. The second kappa shape index (κ2) is 6.81. The number of halogens is 1. The van der Waals surface area contributed by atoms with Crippen molar-refractivity contribution in [2.45, 2.75) is 0 Å². The van der Waals surface area contributed by atoms with Crippen LogP contribution in [0.1, 0.15) is 15.9 Å².